The van der Waals surface area contributed by atoms with Crippen LogP contribution < -0.4 is 5.32 Å². The zero-order valence-electron chi connectivity index (χ0n) is 17.6. The van der Waals surface area contributed by atoms with Gasteiger partial charge in [0.1, 0.15) is 17.5 Å². The molecular weight excluding hydrogens is 402 g/mol. The van der Waals surface area contributed by atoms with Gasteiger partial charge in [-0.05, 0) is 24.5 Å². The first kappa shape index (κ1) is 21.0. The molecule has 0 saturated heterocycles. The van der Waals surface area contributed by atoms with Crippen molar-refractivity contribution in [1.82, 2.24) is 15.0 Å². The predicted octanol–water partition coefficient (Wildman–Crippen LogP) is 6.04. The maximum absolute atomic E-state index is 9.91. The number of anilines is 1. The lowest BCUT2D eigenvalue weighted by Gasteiger charge is -2.13. The van der Waals surface area contributed by atoms with Crippen molar-refractivity contribution in [3.8, 4) is 17.3 Å². The molecule has 2 aromatic heterocycles. The molecule has 0 aliphatic rings. The number of rotatable bonds is 9. The number of nitriles is 1. The van der Waals surface area contributed by atoms with Crippen molar-refractivity contribution in [2.24, 2.45) is 0 Å². The van der Waals surface area contributed by atoms with Crippen LogP contribution in [0.15, 0.2) is 66.0 Å². The summed E-state index contributed by atoms with van der Waals surface area (Å²) in [6.45, 7) is 2.86. The van der Waals surface area contributed by atoms with E-state index in [0.29, 0.717) is 28.8 Å². The van der Waals surface area contributed by atoms with Crippen LogP contribution in [-0.2, 0) is 6.42 Å². The van der Waals surface area contributed by atoms with E-state index in [9.17, 15) is 5.26 Å². The maximum atomic E-state index is 9.91. The highest BCUT2D eigenvalue weighted by molar-refractivity contribution is 7.99. The van der Waals surface area contributed by atoms with Gasteiger partial charge in [-0.25, -0.2) is 9.97 Å². The highest BCUT2D eigenvalue weighted by atomic mass is 32.2. The van der Waals surface area contributed by atoms with E-state index in [-0.39, 0.29) is 0 Å². The highest BCUT2D eigenvalue weighted by Crippen LogP contribution is 2.29. The molecule has 0 aliphatic carbocycles. The van der Waals surface area contributed by atoms with Gasteiger partial charge in [-0.1, -0.05) is 73.6 Å². The molecule has 0 atom stereocenters. The Labute approximate surface area is 186 Å². The van der Waals surface area contributed by atoms with Crippen LogP contribution in [0.5, 0.6) is 0 Å². The summed E-state index contributed by atoms with van der Waals surface area (Å²) in [6, 6.07) is 20.5. The van der Waals surface area contributed by atoms with Crippen LogP contribution in [0, 0.1) is 11.3 Å². The van der Waals surface area contributed by atoms with Gasteiger partial charge in [-0.15, -0.1) is 0 Å². The molecule has 0 radical (unpaired) electrons. The topological polar surface area (TPSA) is 77.4 Å². The fourth-order valence-electron chi connectivity index (χ4n) is 3.51. The molecule has 31 heavy (non-hydrogen) atoms. The number of hydrogen-bond donors (Lipinski definition) is 2. The number of thioether (sulfide) groups is 1. The number of nitrogens with zero attached hydrogens (tertiary/aromatic N) is 3. The van der Waals surface area contributed by atoms with Gasteiger partial charge in [-0.2, -0.15) is 5.26 Å². The minimum atomic E-state index is 0.491. The normalized spacial score (nSPS) is 10.8. The van der Waals surface area contributed by atoms with Crippen molar-refractivity contribution < 1.29 is 0 Å². The number of aromatic nitrogens is 3. The predicted molar refractivity (Wildman–Crippen MR) is 128 cm³/mol. The average molecular weight is 428 g/mol. The van der Waals surface area contributed by atoms with Gasteiger partial charge in [0.05, 0.1) is 5.69 Å². The Morgan fingerprint density at radius 1 is 1.06 bits per heavy atom. The van der Waals surface area contributed by atoms with Crippen molar-refractivity contribution in [1.29, 1.82) is 5.26 Å². The molecular formula is C25H25N5S. The van der Waals surface area contributed by atoms with Crippen LogP contribution >= 0.6 is 11.8 Å². The first-order valence-electron chi connectivity index (χ1n) is 10.6. The quantitative estimate of drug-likeness (QED) is 0.193. The minimum Gasteiger partial charge on any atom is -0.368 e. The fraction of sp³-hybridized carbons (Fsp3) is 0.240. The Kier molecular flexibility index (Phi) is 6.85. The molecule has 0 amide bonds. The number of unbranched alkanes of at least 4 members (excludes halogenated alkanes) is 1. The smallest absolute Gasteiger partial charge is 0.190 e. The summed E-state index contributed by atoms with van der Waals surface area (Å²) in [5.41, 5.74) is 4.49. The molecule has 4 rings (SSSR count). The molecule has 2 N–H and O–H groups in total. The summed E-state index contributed by atoms with van der Waals surface area (Å²) in [5.74, 6) is 1.57. The van der Waals surface area contributed by atoms with Crippen molar-refractivity contribution in [3.05, 3.63) is 71.9 Å². The van der Waals surface area contributed by atoms with Gasteiger partial charge in [0.25, 0.3) is 0 Å². The van der Waals surface area contributed by atoms with Crippen LogP contribution in [-0.4, -0.2) is 27.2 Å². The third-order valence-corrected chi connectivity index (χ3v) is 6.07. The van der Waals surface area contributed by atoms with Crippen LogP contribution in [0.3, 0.4) is 0 Å². The van der Waals surface area contributed by atoms with Crippen LogP contribution in [0.25, 0.3) is 22.2 Å². The van der Waals surface area contributed by atoms with Gasteiger partial charge in [-0.3, -0.25) is 0 Å². The maximum Gasteiger partial charge on any atom is 0.190 e. The molecule has 2 aromatic carbocycles. The second-order valence-electron chi connectivity index (χ2n) is 7.29. The van der Waals surface area contributed by atoms with Crippen LogP contribution in [0.4, 0.5) is 5.82 Å². The molecule has 0 fully saturated rings. The first-order chi connectivity index (χ1) is 15.3. The standard InChI is InChI=1S/C25H25N5S/c1-2-3-15-31-25-29-23(18-9-5-4-6-10-18)21(16-26)24(30-25)27-14-13-19-17-28-22-12-8-7-11-20(19)22/h4-12,17,28H,2-3,13-15H2,1H3,(H,27,29,30). The van der Waals surface area contributed by atoms with Crippen molar-refractivity contribution in [2.75, 3.05) is 17.6 Å². The van der Waals surface area contributed by atoms with Crippen molar-refractivity contribution in [3.63, 3.8) is 0 Å². The van der Waals surface area contributed by atoms with E-state index in [2.05, 4.69) is 47.7 Å². The largest absolute Gasteiger partial charge is 0.368 e. The number of aromatic amines is 1. The molecule has 6 heteroatoms. The molecule has 156 valence electrons. The summed E-state index contributed by atoms with van der Waals surface area (Å²) in [7, 11) is 0. The van der Waals surface area contributed by atoms with E-state index >= 15 is 0 Å². The molecule has 0 aliphatic heterocycles. The summed E-state index contributed by atoms with van der Waals surface area (Å²) in [4.78, 5) is 12.7. The molecule has 5 nitrogen and oxygen atoms in total. The van der Waals surface area contributed by atoms with Gasteiger partial charge in [0, 0.05) is 35.0 Å². The van der Waals surface area contributed by atoms with E-state index in [1.807, 2.05) is 36.4 Å². The van der Waals surface area contributed by atoms with E-state index in [0.717, 1.165) is 36.1 Å². The Balaban J connectivity index is 1.60. The second-order valence-corrected chi connectivity index (χ2v) is 8.36. The van der Waals surface area contributed by atoms with Gasteiger partial charge >= 0.3 is 0 Å². The van der Waals surface area contributed by atoms with E-state index in [4.69, 9.17) is 9.97 Å². The number of fused-ring (bicyclic) bond motifs is 1. The zero-order chi connectivity index (χ0) is 21.5. The lowest BCUT2D eigenvalue weighted by atomic mass is 10.1. The number of H-pyrrole nitrogens is 1. The Morgan fingerprint density at radius 3 is 2.68 bits per heavy atom. The lowest BCUT2D eigenvalue weighted by molar-refractivity contribution is 0.887. The SMILES string of the molecule is CCCCSc1nc(NCCc2c[nH]c3ccccc23)c(C#N)c(-c2ccccc2)n1. The summed E-state index contributed by atoms with van der Waals surface area (Å²) >= 11 is 1.64. The third kappa shape index (κ3) is 4.89. The van der Waals surface area contributed by atoms with Crippen LogP contribution in [0.1, 0.15) is 30.9 Å². The molecule has 0 bridgehead atoms. The fourth-order valence-corrected chi connectivity index (χ4v) is 4.43. The van der Waals surface area contributed by atoms with Crippen molar-refractivity contribution in [2.45, 2.75) is 31.3 Å². The Hall–Kier alpha value is -3.30. The average Bonchev–Trinajstić information content (AvgIpc) is 3.23. The first-order valence-corrected chi connectivity index (χ1v) is 11.6. The molecule has 0 saturated carbocycles. The number of benzene rings is 2. The number of hydrogen-bond acceptors (Lipinski definition) is 5. The minimum absolute atomic E-state index is 0.491. The van der Waals surface area contributed by atoms with E-state index in [1.165, 1.54) is 10.9 Å². The van der Waals surface area contributed by atoms with E-state index in [1.54, 1.807) is 11.8 Å². The molecule has 2 heterocycles. The van der Waals surface area contributed by atoms with E-state index < -0.39 is 0 Å². The lowest BCUT2D eigenvalue weighted by Crippen LogP contribution is -2.10. The molecule has 0 spiro atoms. The van der Waals surface area contributed by atoms with Gasteiger partial charge in [0.2, 0.25) is 0 Å². The summed E-state index contributed by atoms with van der Waals surface area (Å²) in [5, 5.41) is 15.3. The van der Waals surface area contributed by atoms with Gasteiger partial charge in [0.15, 0.2) is 5.16 Å². The third-order valence-electron chi connectivity index (χ3n) is 5.14. The highest BCUT2D eigenvalue weighted by Gasteiger charge is 2.16. The second kappa shape index (κ2) is 10.1. The van der Waals surface area contributed by atoms with Crippen molar-refractivity contribution >= 4 is 28.5 Å². The zero-order valence-corrected chi connectivity index (χ0v) is 18.4. The monoisotopic (exact) mass is 427 g/mol. The molecule has 4 aromatic rings. The number of para-hydroxylation sites is 1. The van der Waals surface area contributed by atoms with Gasteiger partial charge < -0.3 is 10.3 Å². The molecule has 0 unspecified atom stereocenters. The Morgan fingerprint density at radius 2 is 1.87 bits per heavy atom. The summed E-state index contributed by atoms with van der Waals surface area (Å²) < 4.78 is 0. The van der Waals surface area contributed by atoms with Crippen LogP contribution in [0.2, 0.25) is 0 Å². The number of nitrogens with one attached hydrogen (secondary N) is 2. The Bertz CT molecular complexity index is 1190. The summed E-state index contributed by atoms with van der Waals surface area (Å²) in [6.07, 6.45) is 5.12.